The van der Waals surface area contributed by atoms with Gasteiger partial charge in [-0.3, -0.25) is 4.99 Å². The van der Waals surface area contributed by atoms with Gasteiger partial charge in [0.1, 0.15) is 17.7 Å². The lowest BCUT2D eigenvalue weighted by molar-refractivity contribution is 0.0709. The highest BCUT2D eigenvalue weighted by atomic mass is 19.1. The largest absolute Gasteiger partial charge is 0.497 e. The third kappa shape index (κ3) is 6.38. The predicted molar refractivity (Wildman–Crippen MR) is 155 cm³/mol. The Bertz CT molecular complexity index is 1470. The fourth-order valence-electron chi connectivity index (χ4n) is 5.11. The first-order valence-electron chi connectivity index (χ1n) is 13.4. The average Bonchev–Trinajstić information content (AvgIpc) is 3.03. The molecule has 0 bridgehead atoms. The molecule has 0 aromatic heterocycles. The van der Waals surface area contributed by atoms with Crippen LogP contribution in [0.5, 0.6) is 5.75 Å². The van der Waals surface area contributed by atoms with Crippen molar-refractivity contribution in [2.24, 2.45) is 10.9 Å². The third-order valence-corrected chi connectivity index (χ3v) is 7.24. The van der Waals surface area contributed by atoms with Crippen LogP contribution in [0.15, 0.2) is 108 Å². The van der Waals surface area contributed by atoms with Crippen LogP contribution in [0.1, 0.15) is 28.7 Å². The average molecular weight is 538 g/mol. The molecule has 7 heteroatoms. The zero-order valence-corrected chi connectivity index (χ0v) is 22.3. The van der Waals surface area contributed by atoms with E-state index in [0.717, 1.165) is 34.4 Å². The predicted octanol–water partition coefficient (Wildman–Crippen LogP) is 5.99. The Morgan fingerprint density at radius 2 is 1.65 bits per heavy atom. The van der Waals surface area contributed by atoms with Crippen LogP contribution in [0, 0.1) is 11.7 Å². The number of fused-ring (bicyclic) bond motifs is 1. The number of aliphatic imine (C=N–C) groups is 1. The molecule has 2 amide bonds. The number of aliphatic hydroxyl groups is 1. The first kappa shape index (κ1) is 27.1. The van der Waals surface area contributed by atoms with Crippen molar-refractivity contribution in [3.8, 4) is 5.75 Å². The van der Waals surface area contributed by atoms with Gasteiger partial charge in [-0.1, -0.05) is 78.9 Å². The summed E-state index contributed by atoms with van der Waals surface area (Å²) in [6.45, 7) is 0. The number of carbonyl (C=O) groups is 1. The summed E-state index contributed by atoms with van der Waals surface area (Å²) >= 11 is 0. The number of halogens is 1. The maximum absolute atomic E-state index is 14.3. The number of nitrogens with zero attached hydrogens (tertiary/aromatic N) is 1. The van der Waals surface area contributed by atoms with Crippen molar-refractivity contribution in [3.63, 3.8) is 0 Å². The molecule has 4 aromatic carbocycles. The van der Waals surface area contributed by atoms with Crippen LogP contribution in [0.25, 0.3) is 0 Å². The Morgan fingerprint density at radius 1 is 0.950 bits per heavy atom. The van der Waals surface area contributed by atoms with Crippen LogP contribution < -0.4 is 15.4 Å². The number of benzene rings is 4. The van der Waals surface area contributed by atoms with Crippen LogP contribution in [-0.2, 0) is 12.8 Å². The Balaban J connectivity index is 1.53. The molecule has 0 spiro atoms. The van der Waals surface area contributed by atoms with Gasteiger partial charge in [-0.15, -0.1) is 0 Å². The monoisotopic (exact) mass is 537 g/mol. The first-order valence-corrected chi connectivity index (χ1v) is 13.4. The van der Waals surface area contributed by atoms with Crippen molar-refractivity contribution in [3.05, 3.63) is 131 Å². The molecule has 1 heterocycles. The summed E-state index contributed by atoms with van der Waals surface area (Å²) in [6.07, 6.45) is -0.0163. The Morgan fingerprint density at radius 3 is 2.40 bits per heavy atom. The van der Waals surface area contributed by atoms with Crippen LogP contribution in [0.2, 0.25) is 0 Å². The molecule has 0 saturated carbocycles. The van der Waals surface area contributed by atoms with Crippen molar-refractivity contribution in [2.45, 2.75) is 31.5 Å². The summed E-state index contributed by atoms with van der Waals surface area (Å²) in [5.41, 5.74) is 4.71. The van der Waals surface area contributed by atoms with Crippen molar-refractivity contribution in [1.82, 2.24) is 5.32 Å². The van der Waals surface area contributed by atoms with Gasteiger partial charge in [0.2, 0.25) is 0 Å². The summed E-state index contributed by atoms with van der Waals surface area (Å²) in [7, 11) is 1.62. The number of anilines is 1. The minimum atomic E-state index is -1.01. The van der Waals surface area contributed by atoms with E-state index in [0.29, 0.717) is 18.6 Å². The van der Waals surface area contributed by atoms with Crippen LogP contribution in [0.3, 0.4) is 0 Å². The summed E-state index contributed by atoms with van der Waals surface area (Å²) in [5.74, 6) is -0.0133. The number of para-hydroxylation sites is 1. The highest BCUT2D eigenvalue weighted by Gasteiger charge is 2.32. The maximum Gasteiger partial charge on any atom is 0.321 e. The van der Waals surface area contributed by atoms with E-state index in [1.807, 2.05) is 72.8 Å². The second kappa shape index (κ2) is 12.6. The van der Waals surface area contributed by atoms with Gasteiger partial charge in [-0.2, -0.15) is 0 Å². The topological polar surface area (TPSA) is 83.0 Å². The lowest BCUT2D eigenvalue weighted by Gasteiger charge is -2.28. The van der Waals surface area contributed by atoms with Gasteiger partial charge >= 0.3 is 6.03 Å². The summed E-state index contributed by atoms with van der Waals surface area (Å²) in [4.78, 5) is 18.1. The van der Waals surface area contributed by atoms with Gasteiger partial charge < -0.3 is 20.5 Å². The smallest absolute Gasteiger partial charge is 0.321 e. The van der Waals surface area contributed by atoms with Crippen LogP contribution in [-0.4, -0.2) is 36.2 Å². The number of aryl methyl sites for hydroxylation is 1. The van der Waals surface area contributed by atoms with Crippen LogP contribution >= 0.6 is 0 Å². The van der Waals surface area contributed by atoms with Crippen LogP contribution in [0.4, 0.5) is 14.9 Å². The highest BCUT2D eigenvalue weighted by Crippen LogP contribution is 2.28. The van der Waals surface area contributed by atoms with E-state index in [1.54, 1.807) is 19.2 Å². The molecule has 1 aliphatic heterocycles. The molecular weight excluding hydrogens is 505 g/mol. The maximum atomic E-state index is 14.3. The highest BCUT2D eigenvalue weighted by molar-refractivity contribution is 6.14. The van der Waals surface area contributed by atoms with E-state index in [1.165, 1.54) is 12.1 Å². The number of ether oxygens (including phenoxy) is 1. The number of urea groups is 1. The molecule has 6 nitrogen and oxygen atoms in total. The number of rotatable bonds is 6. The number of amides is 2. The molecule has 204 valence electrons. The number of hydrogen-bond acceptors (Lipinski definition) is 4. The lowest BCUT2D eigenvalue weighted by atomic mass is 9.86. The normalized spacial score (nSPS) is 20.1. The van der Waals surface area contributed by atoms with Crippen molar-refractivity contribution in [2.75, 3.05) is 12.4 Å². The molecule has 0 fully saturated rings. The number of hydrogen-bond donors (Lipinski definition) is 3. The molecule has 0 saturated heterocycles. The summed E-state index contributed by atoms with van der Waals surface area (Å²) in [5, 5.41) is 17.2. The van der Waals surface area contributed by atoms with Crippen molar-refractivity contribution < 1.29 is 19.0 Å². The molecule has 3 N–H and O–H groups in total. The van der Waals surface area contributed by atoms with Gasteiger partial charge in [0.05, 0.1) is 24.6 Å². The SMILES string of the molecule is COc1ccc(CC2CCc3ccccc3/C(c3ccccc3)=N\[C@H](NC(=O)Nc3ccccc3F)C2O)cc1. The zero-order valence-electron chi connectivity index (χ0n) is 22.3. The van der Waals surface area contributed by atoms with E-state index in [9.17, 15) is 14.3 Å². The fourth-order valence-corrected chi connectivity index (χ4v) is 5.11. The Labute approximate surface area is 233 Å². The zero-order chi connectivity index (χ0) is 27.9. The number of methoxy groups -OCH3 is 1. The van der Waals surface area contributed by atoms with E-state index in [-0.39, 0.29) is 11.6 Å². The molecule has 0 radical (unpaired) electrons. The van der Waals surface area contributed by atoms with E-state index in [4.69, 9.17) is 9.73 Å². The molecule has 0 aliphatic carbocycles. The first-order chi connectivity index (χ1) is 19.5. The minimum Gasteiger partial charge on any atom is -0.497 e. The number of nitrogens with one attached hydrogen (secondary N) is 2. The summed E-state index contributed by atoms with van der Waals surface area (Å²) < 4.78 is 19.6. The summed E-state index contributed by atoms with van der Waals surface area (Å²) in [6, 6.07) is 30.9. The molecule has 5 rings (SSSR count). The van der Waals surface area contributed by atoms with Gasteiger partial charge in [-0.05, 0) is 60.6 Å². The van der Waals surface area contributed by atoms with Gasteiger partial charge in [0, 0.05) is 11.1 Å². The molecule has 4 aromatic rings. The Kier molecular flexibility index (Phi) is 8.52. The second-order valence-corrected chi connectivity index (χ2v) is 9.87. The Hall–Kier alpha value is -4.49. The number of carbonyl (C=O) groups excluding carboxylic acids is 1. The molecular formula is C33H32FN3O3. The quantitative estimate of drug-likeness (QED) is 0.283. The van der Waals surface area contributed by atoms with Gasteiger partial charge in [-0.25, -0.2) is 9.18 Å². The van der Waals surface area contributed by atoms with Gasteiger partial charge in [0.15, 0.2) is 0 Å². The lowest BCUT2D eigenvalue weighted by Crippen LogP contribution is -2.48. The third-order valence-electron chi connectivity index (χ3n) is 7.24. The van der Waals surface area contributed by atoms with Crippen molar-refractivity contribution in [1.29, 1.82) is 0 Å². The fraction of sp³-hybridized carbons (Fsp3) is 0.212. The van der Waals surface area contributed by atoms with Gasteiger partial charge in [0.25, 0.3) is 0 Å². The minimum absolute atomic E-state index is 0.0462. The standard InChI is InChI=1S/C33H32FN3O3/c1-40-26-19-15-22(16-20-26)21-25-18-17-23-9-5-6-12-27(23)30(24-10-3-2-4-11-24)36-32(31(25)38)37-33(39)35-29-14-8-7-13-28(29)34/h2-16,19-20,25,31-32,38H,17-18,21H2,1H3,(H2,35,37,39)/b36-30-/t25?,31?,32-/m1/s1. The molecule has 3 atom stereocenters. The van der Waals surface area contributed by atoms with Crippen molar-refractivity contribution >= 4 is 17.4 Å². The second-order valence-electron chi connectivity index (χ2n) is 9.87. The molecule has 1 aliphatic rings. The van der Waals surface area contributed by atoms with E-state index >= 15 is 0 Å². The molecule has 40 heavy (non-hydrogen) atoms. The molecule has 2 unspecified atom stereocenters. The van der Waals surface area contributed by atoms with E-state index < -0.39 is 24.1 Å². The number of aliphatic hydroxyl groups excluding tert-OH is 1. The van der Waals surface area contributed by atoms with E-state index in [2.05, 4.69) is 16.7 Å².